The third kappa shape index (κ3) is 4.37. The molecule has 0 amide bonds. The fourth-order valence-corrected chi connectivity index (χ4v) is 2.96. The van der Waals surface area contributed by atoms with Gasteiger partial charge < -0.3 is 14.8 Å². The Bertz CT molecular complexity index is 447. The minimum absolute atomic E-state index is 0.337. The van der Waals surface area contributed by atoms with Crippen molar-refractivity contribution in [1.82, 2.24) is 5.32 Å². The van der Waals surface area contributed by atoms with Gasteiger partial charge in [0.05, 0.1) is 13.2 Å². The van der Waals surface area contributed by atoms with Crippen molar-refractivity contribution in [2.45, 2.75) is 52.7 Å². The molecule has 3 atom stereocenters. The zero-order chi connectivity index (χ0) is 15.2. The Morgan fingerprint density at radius 3 is 2.67 bits per heavy atom. The molecule has 0 aliphatic heterocycles. The van der Waals surface area contributed by atoms with Gasteiger partial charge in [-0.1, -0.05) is 26.8 Å². The van der Waals surface area contributed by atoms with E-state index in [4.69, 9.17) is 9.47 Å². The first-order valence-electron chi connectivity index (χ1n) is 8.18. The van der Waals surface area contributed by atoms with E-state index in [1.165, 1.54) is 12.0 Å². The number of hydrogen-bond acceptors (Lipinski definition) is 3. The number of methoxy groups -OCH3 is 1. The highest BCUT2D eigenvalue weighted by atomic mass is 16.5. The maximum absolute atomic E-state index is 6.32. The third-order valence-corrected chi connectivity index (χ3v) is 4.68. The molecule has 1 saturated carbocycles. The van der Waals surface area contributed by atoms with Crippen LogP contribution in [0.4, 0.5) is 0 Å². The predicted octanol–water partition coefficient (Wildman–Crippen LogP) is 4.01. The summed E-state index contributed by atoms with van der Waals surface area (Å²) in [7, 11) is 1.70. The summed E-state index contributed by atoms with van der Waals surface area (Å²) in [6.07, 6.45) is 3.91. The van der Waals surface area contributed by atoms with Crippen molar-refractivity contribution >= 4 is 0 Å². The molecule has 0 bridgehead atoms. The zero-order valence-corrected chi connectivity index (χ0v) is 13.8. The largest absolute Gasteiger partial charge is 0.497 e. The summed E-state index contributed by atoms with van der Waals surface area (Å²) >= 11 is 0. The molecule has 3 unspecified atom stereocenters. The first-order chi connectivity index (χ1) is 10.1. The molecule has 1 aromatic carbocycles. The zero-order valence-electron chi connectivity index (χ0n) is 13.8. The highest BCUT2D eigenvalue weighted by molar-refractivity contribution is 5.41. The van der Waals surface area contributed by atoms with Crippen LogP contribution >= 0.6 is 0 Å². The van der Waals surface area contributed by atoms with Crippen molar-refractivity contribution in [1.29, 1.82) is 0 Å². The van der Waals surface area contributed by atoms with E-state index >= 15 is 0 Å². The molecule has 3 nitrogen and oxygen atoms in total. The number of ether oxygens (including phenoxy) is 2. The number of benzene rings is 1. The molecule has 0 spiro atoms. The van der Waals surface area contributed by atoms with Crippen LogP contribution in [0.15, 0.2) is 18.2 Å². The molecular formula is C18H29NO2. The van der Waals surface area contributed by atoms with Gasteiger partial charge in [-0.15, -0.1) is 0 Å². The maximum atomic E-state index is 6.32. The van der Waals surface area contributed by atoms with Gasteiger partial charge in [-0.05, 0) is 43.7 Å². The molecule has 1 aliphatic rings. The molecule has 0 aromatic heterocycles. The Balaban J connectivity index is 2.09. The lowest BCUT2D eigenvalue weighted by molar-refractivity contribution is 0.0993. The summed E-state index contributed by atoms with van der Waals surface area (Å²) in [4.78, 5) is 0. The van der Waals surface area contributed by atoms with E-state index in [1.54, 1.807) is 7.11 Å². The van der Waals surface area contributed by atoms with Crippen LogP contribution in [-0.4, -0.2) is 19.8 Å². The summed E-state index contributed by atoms with van der Waals surface area (Å²) in [5.74, 6) is 3.40. The lowest BCUT2D eigenvalue weighted by atomic mass is 9.80. The van der Waals surface area contributed by atoms with Crippen molar-refractivity contribution in [3.63, 3.8) is 0 Å². The van der Waals surface area contributed by atoms with Crippen LogP contribution in [0.2, 0.25) is 0 Å². The van der Waals surface area contributed by atoms with Crippen LogP contribution in [0.3, 0.4) is 0 Å². The molecule has 1 N–H and O–H groups in total. The van der Waals surface area contributed by atoms with E-state index in [0.29, 0.717) is 6.10 Å². The normalized spacial score (nSPS) is 25.6. The highest BCUT2D eigenvalue weighted by Crippen LogP contribution is 2.34. The molecule has 0 heterocycles. The summed E-state index contributed by atoms with van der Waals surface area (Å²) in [5.41, 5.74) is 1.21. The molecule has 0 radical (unpaired) electrons. The molecule has 1 aliphatic carbocycles. The number of rotatable bonds is 6. The SMILES string of the molecule is CCNCc1ccc(OC)cc1OC1CCC(C)C(C)C1. The minimum atomic E-state index is 0.337. The van der Waals surface area contributed by atoms with Crippen LogP contribution in [0.5, 0.6) is 11.5 Å². The number of hydrogen-bond donors (Lipinski definition) is 1. The minimum Gasteiger partial charge on any atom is -0.497 e. The Hall–Kier alpha value is -1.22. The Morgan fingerprint density at radius 2 is 2.00 bits per heavy atom. The summed E-state index contributed by atoms with van der Waals surface area (Å²) in [5, 5.41) is 3.37. The molecular weight excluding hydrogens is 262 g/mol. The summed E-state index contributed by atoms with van der Waals surface area (Å²) in [6.45, 7) is 8.61. The van der Waals surface area contributed by atoms with E-state index < -0.39 is 0 Å². The van der Waals surface area contributed by atoms with E-state index in [0.717, 1.165) is 49.3 Å². The van der Waals surface area contributed by atoms with Gasteiger partial charge in [0.15, 0.2) is 0 Å². The second kappa shape index (κ2) is 7.69. The van der Waals surface area contributed by atoms with Crippen LogP contribution in [0, 0.1) is 11.8 Å². The average molecular weight is 291 g/mol. The Morgan fingerprint density at radius 1 is 1.19 bits per heavy atom. The third-order valence-electron chi connectivity index (χ3n) is 4.68. The van der Waals surface area contributed by atoms with Crippen LogP contribution in [0.1, 0.15) is 45.6 Å². The van der Waals surface area contributed by atoms with Crippen LogP contribution < -0.4 is 14.8 Å². The lowest BCUT2D eigenvalue weighted by Crippen LogP contribution is -2.29. The standard InChI is InChI=1S/C18H29NO2/c1-5-19-12-15-7-9-16(20-4)11-18(15)21-17-8-6-13(2)14(3)10-17/h7,9,11,13-14,17,19H,5-6,8,10,12H2,1-4H3. The van der Waals surface area contributed by atoms with Gasteiger partial charge in [0, 0.05) is 18.2 Å². The van der Waals surface area contributed by atoms with E-state index in [9.17, 15) is 0 Å². The van der Waals surface area contributed by atoms with Gasteiger partial charge in [-0.2, -0.15) is 0 Å². The number of nitrogens with one attached hydrogen (secondary N) is 1. The molecule has 3 heteroatoms. The highest BCUT2D eigenvalue weighted by Gasteiger charge is 2.26. The van der Waals surface area contributed by atoms with Gasteiger partial charge in [-0.3, -0.25) is 0 Å². The molecule has 21 heavy (non-hydrogen) atoms. The molecule has 0 saturated heterocycles. The van der Waals surface area contributed by atoms with Crippen molar-refractivity contribution in [3.05, 3.63) is 23.8 Å². The van der Waals surface area contributed by atoms with Gasteiger partial charge in [0.1, 0.15) is 11.5 Å². The molecule has 1 aromatic rings. The fourth-order valence-electron chi connectivity index (χ4n) is 2.96. The van der Waals surface area contributed by atoms with Crippen molar-refractivity contribution in [2.24, 2.45) is 11.8 Å². The van der Waals surface area contributed by atoms with Gasteiger partial charge in [0.25, 0.3) is 0 Å². The molecule has 2 rings (SSSR count). The first kappa shape index (κ1) is 16.2. The smallest absolute Gasteiger partial charge is 0.127 e. The fraction of sp³-hybridized carbons (Fsp3) is 0.667. The first-order valence-corrected chi connectivity index (χ1v) is 8.18. The molecule has 118 valence electrons. The summed E-state index contributed by atoms with van der Waals surface area (Å²) in [6, 6.07) is 6.13. The van der Waals surface area contributed by atoms with Gasteiger partial charge >= 0.3 is 0 Å². The van der Waals surface area contributed by atoms with Crippen LogP contribution in [-0.2, 0) is 6.54 Å². The van der Waals surface area contributed by atoms with Crippen molar-refractivity contribution in [2.75, 3.05) is 13.7 Å². The Kier molecular flexibility index (Phi) is 5.92. The monoisotopic (exact) mass is 291 g/mol. The molecule has 1 fully saturated rings. The van der Waals surface area contributed by atoms with E-state index in [1.807, 2.05) is 12.1 Å². The van der Waals surface area contributed by atoms with E-state index in [2.05, 4.69) is 32.2 Å². The van der Waals surface area contributed by atoms with Gasteiger partial charge in [-0.25, -0.2) is 0 Å². The van der Waals surface area contributed by atoms with Crippen molar-refractivity contribution < 1.29 is 9.47 Å². The second-order valence-electron chi connectivity index (χ2n) is 6.26. The topological polar surface area (TPSA) is 30.5 Å². The second-order valence-corrected chi connectivity index (χ2v) is 6.26. The lowest BCUT2D eigenvalue weighted by Gasteiger charge is -2.32. The van der Waals surface area contributed by atoms with Crippen molar-refractivity contribution in [3.8, 4) is 11.5 Å². The quantitative estimate of drug-likeness (QED) is 0.859. The van der Waals surface area contributed by atoms with Crippen LogP contribution in [0.25, 0.3) is 0 Å². The average Bonchev–Trinajstić information content (AvgIpc) is 2.49. The summed E-state index contributed by atoms with van der Waals surface area (Å²) < 4.78 is 11.7. The Labute approximate surface area is 129 Å². The predicted molar refractivity (Wildman–Crippen MR) is 87.0 cm³/mol. The maximum Gasteiger partial charge on any atom is 0.127 e. The van der Waals surface area contributed by atoms with Gasteiger partial charge in [0.2, 0.25) is 0 Å². The van der Waals surface area contributed by atoms with E-state index in [-0.39, 0.29) is 0 Å².